The van der Waals surface area contributed by atoms with Gasteiger partial charge in [0.15, 0.2) is 0 Å². The largest absolute Gasteiger partial charge is 0.348 e. The number of carbonyl (C=O) groups excluding carboxylic acids is 1. The fraction of sp³-hybridized carbons (Fsp3) is 0.409. The highest BCUT2D eigenvalue weighted by molar-refractivity contribution is 5.85. The van der Waals surface area contributed by atoms with E-state index in [0.29, 0.717) is 13.1 Å². The Morgan fingerprint density at radius 3 is 2.37 bits per heavy atom. The highest BCUT2D eigenvalue weighted by Gasteiger charge is 2.33. The van der Waals surface area contributed by atoms with Crippen molar-refractivity contribution < 1.29 is 4.79 Å². The number of benzene rings is 2. The summed E-state index contributed by atoms with van der Waals surface area (Å²) in [5, 5.41) is 3.24. The first-order valence-electron chi connectivity index (χ1n) is 9.39. The first-order chi connectivity index (χ1) is 12.6. The van der Waals surface area contributed by atoms with E-state index < -0.39 is 0 Å². The minimum absolute atomic E-state index is 0. The smallest absolute Gasteiger partial charge is 0.234 e. The van der Waals surface area contributed by atoms with E-state index in [2.05, 4.69) is 41.4 Å². The molecule has 1 saturated heterocycles. The summed E-state index contributed by atoms with van der Waals surface area (Å²) >= 11 is 0. The van der Waals surface area contributed by atoms with Crippen LogP contribution in [0.2, 0.25) is 0 Å². The lowest BCUT2D eigenvalue weighted by molar-refractivity contribution is -0.122. The van der Waals surface area contributed by atoms with E-state index >= 15 is 0 Å². The van der Waals surface area contributed by atoms with Crippen LogP contribution in [-0.2, 0) is 11.2 Å². The first-order valence-corrected chi connectivity index (χ1v) is 9.39. The zero-order valence-electron chi connectivity index (χ0n) is 15.9. The lowest BCUT2D eigenvalue weighted by Crippen LogP contribution is -2.40. The van der Waals surface area contributed by atoms with Gasteiger partial charge in [0.05, 0.1) is 12.6 Å². The van der Waals surface area contributed by atoms with Crippen LogP contribution in [0, 0.1) is 5.41 Å². The molecular formula is C22H30ClN3O. The summed E-state index contributed by atoms with van der Waals surface area (Å²) < 4.78 is 0. The zero-order valence-corrected chi connectivity index (χ0v) is 16.8. The lowest BCUT2D eigenvalue weighted by atomic mass is 9.90. The molecule has 2 unspecified atom stereocenters. The minimum Gasteiger partial charge on any atom is -0.348 e. The van der Waals surface area contributed by atoms with Crippen LogP contribution < -0.4 is 11.1 Å². The molecule has 2 aromatic rings. The van der Waals surface area contributed by atoms with Crippen LogP contribution in [0.1, 0.15) is 30.5 Å². The number of carbonyl (C=O) groups is 1. The maximum absolute atomic E-state index is 12.7. The Bertz CT molecular complexity index is 710. The van der Waals surface area contributed by atoms with Crippen LogP contribution in [0.15, 0.2) is 60.7 Å². The predicted octanol–water partition coefficient (Wildman–Crippen LogP) is 3.18. The van der Waals surface area contributed by atoms with Gasteiger partial charge in [-0.05, 0) is 42.5 Å². The fourth-order valence-electron chi connectivity index (χ4n) is 3.66. The molecule has 2 atom stereocenters. The SMILES string of the molecule is CC1(CN)CCN(CC(=O)NC(Cc2ccccc2)c2ccccc2)C1.Cl. The van der Waals surface area contributed by atoms with Crippen molar-refractivity contribution >= 4 is 18.3 Å². The molecule has 5 heteroatoms. The Hall–Kier alpha value is -1.88. The average Bonchev–Trinajstić information content (AvgIpc) is 3.04. The van der Waals surface area contributed by atoms with Crippen LogP contribution in [0.25, 0.3) is 0 Å². The number of likely N-dealkylation sites (tertiary alicyclic amines) is 1. The van der Waals surface area contributed by atoms with Crippen molar-refractivity contribution in [3.8, 4) is 0 Å². The van der Waals surface area contributed by atoms with E-state index in [-0.39, 0.29) is 29.8 Å². The first kappa shape index (κ1) is 21.4. The van der Waals surface area contributed by atoms with E-state index in [0.717, 1.165) is 31.5 Å². The van der Waals surface area contributed by atoms with E-state index in [1.54, 1.807) is 0 Å². The monoisotopic (exact) mass is 387 g/mol. The molecule has 3 N–H and O–H groups in total. The van der Waals surface area contributed by atoms with Gasteiger partial charge in [0.2, 0.25) is 5.91 Å². The number of halogens is 1. The summed E-state index contributed by atoms with van der Waals surface area (Å²) in [5.41, 5.74) is 8.38. The normalized spacial score (nSPS) is 20.7. The fourth-order valence-corrected chi connectivity index (χ4v) is 3.66. The Balaban J connectivity index is 0.00000261. The quantitative estimate of drug-likeness (QED) is 0.767. The molecule has 1 aliphatic rings. The Morgan fingerprint density at radius 1 is 1.15 bits per heavy atom. The van der Waals surface area contributed by atoms with Crippen LogP contribution in [-0.4, -0.2) is 37.0 Å². The van der Waals surface area contributed by atoms with Gasteiger partial charge in [0.25, 0.3) is 0 Å². The molecule has 3 rings (SSSR count). The number of rotatable bonds is 7. The molecule has 0 aliphatic carbocycles. The van der Waals surface area contributed by atoms with Crippen molar-refractivity contribution in [3.63, 3.8) is 0 Å². The van der Waals surface area contributed by atoms with Gasteiger partial charge in [-0.1, -0.05) is 67.6 Å². The van der Waals surface area contributed by atoms with E-state index in [9.17, 15) is 4.79 Å². The molecule has 0 aromatic heterocycles. The third-order valence-corrected chi connectivity index (χ3v) is 5.32. The molecular weight excluding hydrogens is 358 g/mol. The van der Waals surface area contributed by atoms with E-state index in [1.807, 2.05) is 36.4 Å². The molecule has 4 nitrogen and oxygen atoms in total. The van der Waals surface area contributed by atoms with Gasteiger partial charge in [0.1, 0.15) is 0 Å². The van der Waals surface area contributed by atoms with Crippen molar-refractivity contribution in [3.05, 3.63) is 71.8 Å². The molecule has 0 spiro atoms. The Labute approximate surface area is 168 Å². The van der Waals surface area contributed by atoms with E-state index in [1.165, 1.54) is 5.56 Å². The van der Waals surface area contributed by atoms with Crippen molar-refractivity contribution in [2.75, 3.05) is 26.2 Å². The maximum Gasteiger partial charge on any atom is 0.234 e. The molecule has 27 heavy (non-hydrogen) atoms. The second kappa shape index (κ2) is 9.88. The molecule has 0 bridgehead atoms. The van der Waals surface area contributed by atoms with Gasteiger partial charge in [0, 0.05) is 6.54 Å². The summed E-state index contributed by atoms with van der Waals surface area (Å²) in [4.78, 5) is 14.9. The molecule has 2 aromatic carbocycles. The van der Waals surface area contributed by atoms with Crippen LogP contribution in [0.3, 0.4) is 0 Å². The predicted molar refractivity (Wildman–Crippen MR) is 113 cm³/mol. The molecule has 146 valence electrons. The summed E-state index contributed by atoms with van der Waals surface area (Å²) in [6.45, 7) is 5.15. The third kappa shape index (κ3) is 6.06. The number of nitrogens with zero attached hydrogens (tertiary/aromatic N) is 1. The average molecular weight is 388 g/mol. The molecule has 0 saturated carbocycles. The van der Waals surface area contributed by atoms with Crippen LogP contribution in [0.5, 0.6) is 0 Å². The lowest BCUT2D eigenvalue weighted by Gasteiger charge is -2.24. The third-order valence-electron chi connectivity index (χ3n) is 5.32. The highest BCUT2D eigenvalue weighted by Crippen LogP contribution is 2.28. The van der Waals surface area contributed by atoms with Crippen molar-refractivity contribution in [1.82, 2.24) is 10.2 Å². The molecule has 1 heterocycles. The molecule has 1 amide bonds. The number of nitrogens with two attached hydrogens (primary N) is 1. The van der Waals surface area contributed by atoms with Gasteiger partial charge in [-0.25, -0.2) is 0 Å². The summed E-state index contributed by atoms with van der Waals surface area (Å²) in [7, 11) is 0. The molecule has 1 aliphatic heterocycles. The minimum atomic E-state index is -0.0189. The summed E-state index contributed by atoms with van der Waals surface area (Å²) in [6, 6.07) is 20.5. The standard InChI is InChI=1S/C22H29N3O.ClH/c1-22(16-23)12-13-25(17-22)15-21(26)24-20(19-10-6-3-7-11-19)14-18-8-4-2-5-9-18;/h2-11,20H,12-17,23H2,1H3,(H,24,26);1H. The Kier molecular flexibility index (Phi) is 7.84. The van der Waals surface area contributed by atoms with Gasteiger partial charge >= 0.3 is 0 Å². The molecule has 1 fully saturated rings. The topological polar surface area (TPSA) is 58.4 Å². The van der Waals surface area contributed by atoms with Gasteiger partial charge in [-0.2, -0.15) is 0 Å². The second-order valence-electron chi connectivity index (χ2n) is 7.70. The maximum atomic E-state index is 12.7. The number of hydrogen-bond acceptors (Lipinski definition) is 3. The Morgan fingerprint density at radius 2 is 1.78 bits per heavy atom. The van der Waals surface area contributed by atoms with Gasteiger partial charge in [-0.3, -0.25) is 9.69 Å². The number of amides is 1. The number of nitrogens with one attached hydrogen (secondary N) is 1. The summed E-state index contributed by atoms with van der Waals surface area (Å²) in [6.07, 6.45) is 1.85. The zero-order chi connectivity index (χ0) is 18.4. The number of hydrogen-bond donors (Lipinski definition) is 2. The van der Waals surface area contributed by atoms with Crippen LogP contribution in [0.4, 0.5) is 0 Å². The molecule has 0 radical (unpaired) electrons. The van der Waals surface area contributed by atoms with Crippen molar-refractivity contribution in [2.45, 2.75) is 25.8 Å². The van der Waals surface area contributed by atoms with Crippen molar-refractivity contribution in [1.29, 1.82) is 0 Å². The second-order valence-corrected chi connectivity index (χ2v) is 7.70. The van der Waals surface area contributed by atoms with E-state index in [4.69, 9.17) is 5.73 Å². The van der Waals surface area contributed by atoms with Gasteiger partial charge < -0.3 is 11.1 Å². The van der Waals surface area contributed by atoms with Gasteiger partial charge in [-0.15, -0.1) is 12.4 Å². The van der Waals surface area contributed by atoms with Crippen LogP contribution >= 0.6 is 12.4 Å². The van der Waals surface area contributed by atoms with Crippen molar-refractivity contribution in [2.24, 2.45) is 11.1 Å². The highest BCUT2D eigenvalue weighted by atomic mass is 35.5. The summed E-state index contributed by atoms with van der Waals surface area (Å²) in [5.74, 6) is 0.0797.